The summed E-state index contributed by atoms with van der Waals surface area (Å²) in [5.41, 5.74) is 0. The predicted molar refractivity (Wildman–Crippen MR) is 389 cm³/mol. The molecule has 0 aromatic heterocycles. The zero-order valence-electron chi connectivity index (χ0n) is 56.9. The molecule has 5 heteroatoms. The molecule has 0 aliphatic heterocycles. The van der Waals surface area contributed by atoms with Crippen LogP contribution in [0.1, 0.15) is 309 Å². The van der Waals surface area contributed by atoms with E-state index >= 15 is 0 Å². The average Bonchev–Trinajstić information content (AvgIpc) is 3.54. The Morgan fingerprint density at radius 1 is 0.261 bits per heavy atom. The first kappa shape index (κ1) is 83.0. The molecule has 0 fully saturated rings. The van der Waals surface area contributed by atoms with E-state index in [2.05, 4.69) is 196 Å². The number of allylic oxidation sites excluding steroid dienone is 30. The summed E-state index contributed by atoms with van der Waals surface area (Å²) in [7, 11) is 0. The lowest BCUT2D eigenvalue weighted by Crippen LogP contribution is -2.28. The first-order chi connectivity index (χ1) is 43.6. The van der Waals surface area contributed by atoms with E-state index in [1.54, 1.807) is 0 Å². The van der Waals surface area contributed by atoms with Crippen molar-refractivity contribution < 1.29 is 24.2 Å². The molecular formula is C83H134O5. The van der Waals surface area contributed by atoms with E-state index in [0.717, 1.165) is 141 Å². The highest BCUT2D eigenvalue weighted by Gasteiger charge is 2.16. The summed E-state index contributed by atoms with van der Waals surface area (Å²) in [6, 6.07) is 0. The fraction of sp³-hybridized carbons (Fsp3) is 0.614. The Kier molecular flexibility index (Phi) is 71.9. The third-order valence-corrected chi connectivity index (χ3v) is 15.2. The van der Waals surface area contributed by atoms with Gasteiger partial charge in [-0.3, -0.25) is 9.59 Å². The molecule has 0 aromatic rings. The van der Waals surface area contributed by atoms with E-state index in [-0.39, 0.29) is 25.2 Å². The van der Waals surface area contributed by atoms with Gasteiger partial charge in [0.25, 0.3) is 0 Å². The van der Waals surface area contributed by atoms with Gasteiger partial charge in [0.1, 0.15) is 6.61 Å². The van der Waals surface area contributed by atoms with Crippen LogP contribution in [0.4, 0.5) is 0 Å². The van der Waals surface area contributed by atoms with E-state index < -0.39 is 6.10 Å². The molecule has 88 heavy (non-hydrogen) atoms. The minimum absolute atomic E-state index is 0.0779. The minimum atomic E-state index is -0.791. The number of carbonyl (C=O) groups excluding carboxylic acids is 2. The van der Waals surface area contributed by atoms with Crippen LogP contribution in [0, 0.1) is 0 Å². The number of ether oxygens (including phenoxy) is 2. The third kappa shape index (κ3) is 73.5. The maximum Gasteiger partial charge on any atom is 0.306 e. The van der Waals surface area contributed by atoms with Crippen molar-refractivity contribution in [2.24, 2.45) is 0 Å². The molecule has 0 aliphatic carbocycles. The number of aliphatic hydroxyl groups excluding tert-OH is 1. The molecule has 0 heterocycles. The van der Waals surface area contributed by atoms with Gasteiger partial charge in [0.2, 0.25) is 0 Å². The van der Waals surface area contributed by atoms with Crippen molar-refractivity contribution in [1.82, 2.24) is 0 Å². The third-order valence-electron chi connectivity index (χ3n) is 15.2. The lowest BCUT2D eigenvalue weighted by molar-refractivity contribution is -0.161. The maximum atomic E-state index is 12.4. The second-order valence-electron chi connectivity index (χ2n) is 23.6. The molecule has 0 bridgehead atoms. The fourth-order valence-corrected chi connectivity index (χ4v) is 9.85. The molecule has 0 rings (SSSR count). The molecule has 0 spiro atoms. The Morgan fingerprint density at radius 2 is 0.455 bits per heavy atom. The Balaban J connectivity index is 3.53. The van der Waals surface area contributed by atoms with E-state index in [1.807, 2.05) is 0 Å². The molecular weight excluding hydrogens is 1080 g/mol. The SMILES string of the molecule is CC/C=C\C/C=C\C/C=C\C/C=C\C/C=C\C/C=C\C/C=C\C/C=C\C/C=C\CCCCCCCCCC(=O)OC(CO)COC(=O)CCCCCCCCCCCCCCCCCCCCCC/C=C\C/C=C\C/C=C\C/C=C\C/C=C\C/C=C\CC. The lowest BCUT2D eigenvalue weighted by Gasteiger charge is -2.15. The topological polar surface area (TPSA) is 72.8 Å². The first-order valence-corrected chi connectivity index (χ1v) is 36.3. The van der Waals surface area contributed by atoms with Crippen molar-refractivity contribution in [3.63, 3.8) is 0 Å². The summed E-state index contributed by atoms with van der Waals surface area (Å²) in [4.78, 5) is 24.7. The van der Waals surface area contributed by atoms with Gasteiger partial charge in [-0.15, -0.1) is 0 Å². The summed E-state index contributed by atoms with van der Waals surface area (Å²) in [6.07, 6.45) is 119. The number of carbonyl (C=O) groups is 2. The van der Waals surface area contributed by atoms with E-state index in [9.17, 15) is 14.7 Å². The second kappa shape index (κ2) is 76.2. The average molecular weight is 1210 g/mol. The quantitative estimate of drug-likeness (QED) is 0.0373. The highest BCUT2D eigenvalue weighted by Crippen LogP contribution is 2.17. The lowest BCUT2D eigenvalue weighted by atomic mass is 10.0. The largest absolute Gasteiger partial charge is 0.462 e. The molecule has 0 radical (unpaired) electrons. The van der Waals surface area contributed by atoms with E-state index in [0.29, 0.717) is 12.8 Å². The molecule has 1 atom stereocenters. The Morgan fingerprint density at radius 3 is 0.682 bits per heavy atom. The van der Waals surface area contributed by atoms with Crippen molar-refractivity contribution in [1.29, 1.82) is 0 Å². The highest BCUT2D eigenvalue weighted by molar-refractivity contribution is 5.70. The highest BCUT2D eigenvalue weighted by atomic mass is 16.6. The van der Waals surface area contributed by atoms with Gasteiger partial charge in [-0.2, -0.15) is 0 Å². The molecule has 0 saturated heterocycles. The summed E-state index contributed by atoms with van der Waals surface area (Å²) < 4.78 is 10.8. The van der Waals surface area contributed by atoms with Crippen LogP contribution in [0.25, 0.3) is 0 Å². The summed E-state index contributed by atoms with van der Waals surface area (Å²) >= 11 is 0. The number of hydrogen-bond donors (Lipinski definition) is 1. The van der Waals surface area contributed by atoms with Crippen molar-refractivity contribution >= 4 is 11.9 Å². The van der Waals surface area contributed by atoms with Gasteiger partial charge in [0.15, 0.2) is 6.10 Å². The number of aliphatic hydroxyl groups is 1. The van der Waals surface area contributed by atoms with Crippen molar-refractivity contribution in [2.45, 2.75) is 315 Å². The molecule has 5 nitrogen and oxygen atoms in total. The Hall–Kier alpha value is -5.00. The number of rotatable bonds is 65. The zero-order valence-corrected chi connectivity index (χ0v) is 56.9. The number of unbranched alkanes of at least 4 members (excludes halogenated alkanes) is 27. The Bertz CT molecular complexity index is 1960. The molecule has 1 unspecified atom stereocenters. The number of esters is 2. The molecule has 0 aliphatic rings. The molecule has 0 saturated carbocycles. The van der Waals surface area contributed by atoms with Crippen LogP contribution in [0.2, 0.25) is 0 Å². The molecule has 0 aromatic carbocycles. The molecule has 0 amide bonds. The minimum Gasteiger partial charge on any atom is -0.462 e. The fourth-order valence-electron chi connectivity index (χ4n) is 9.85. The van der Waals surface area contributed by atoms with Crippen LogP contribution in [-0.2, 0) is 19.1 Å². The maximum absolute atomic E-state index is 12.4. The van der Waals surface area contributed by atoms with Crippen LogP contribution in [0.5, 0.6) is 0 Å². The van der Waals surface area contributed by atoms with Gasteiger partial charge < -0.3 is 14.6 Å². The van der Waals surface area contributed by atoms with Crippen molar-refractivity contribution in [3.05, 3.63) is 182 Å². The van der Waals surface area contributed by atoms with Gasteiger partial charge >= 0.3 is 11.9 Å². The predicted octanol–water partition coefficient (Wildman–Crippen LogP) is 25.8. The summed E-state index contributed by atoms with van der Waals surface area (Å²) in [5.74, 6) is -0.604. The second-order valence-corrected chi connectivity index (χ2v) is 23.6. The molecule has 496 valence electrons. The molecule has 1 N–H and O–H groups in total. The summed E-state index contributed by atoms with van der Waals surface area (Å²) in [5, 5.41) is 9.71. The van der Waals surface area contributed by atoms with Crippen LogP contribution in [-0.4, -0.2) is 36.4 Å². The van der Waals surface area contributed by atoms with Crippen molar-refractivity contribution in [3.8, 4) is 0 Å². The number of hydrogen-bond acceptors (Lipinski definition) is 5. The summed E-state index contributed by atoms with van der Waals surface area (Å²) in [6.45, 7) is 3.91. The first-order valence-electron chi connectivity index (χ1n) is 36.3. The van der Waals surface area contributed by atoms with Crippen LogP contribution >= 0.6 is 0 Å². The van der Waals surface area contributed by atoms with Gasteiger partial charge in [0.05, 0.1) is 6.61 Å². The van der Waals surface area contributed by atoms with Gasteiger partial charge in [0, 0.05) is 12.8 Å². The standard InChI is InChI=1S/C83H134O5/c1-3-5-7-9-11-13-15-17-19-21-23-25-27-29-31-33-35-37-39-40-41-42-44-45-47-49-51-53-55-57-59-61-63-65-67-69-71-73-75-77-82(85)87-80-81(79-84)88-83(86)78-76-74-72-70-68-66-64-62-60-58-56-54-52-50-48-46-43-38-36-34-32-30-28-26-24-22-20-18-16-14-12-10-8-6-4-2/h5-8,11-14,17-20,23-26,29-32,35-38,46,48,52,54,58,60,81,84H,3-4,9-10,15-16,21-22,27-28,33-34,39-45,47,49-51,53,55-57,59,61-80H2,1-2H3/b7-5-,8-6-,13-11-,14-12-,19-17-,20-18-,25-23-,26-24-,31-29-,32-30-,37-35-,38-36-,48-46-,54-52-,60-58-. The van der Waals surface area contributed by atoms with Crippen LogP contribution < -0.4 is 0 Å². The van der Waals surface area contributed by atoms with Crippen LogP contribution in [0.15, 0.2) is 182 Å². The normalized spacial score (nSPS) is 13.4. The Labute approximate surface area is 544 Å². The van der Waals surface area contributed by atoms with Gasteiger partial charge in [-0.05, 0) is 135 Å². The van der Waals surface area contributed by atoms with E-state index in [1.165, 1.54) is 141 Å². The van der Waals surface area contributed by atoms with Gasteiger partial charge in [-0.25, -0.2) is 0 Å². The van der Waals surface area contributed by atoms with Crippen molar-refractivity contribution in [2.75, 3.05) is 13.2 Å². The van der Waals surface area contributed by atoms with E-state index in [4.69, 9.17) is 9.47 Å². The van der Waals surface area contributed by atoms with Gasteiger partial charge in [-0.1, -0.05) is 344 Å². The van der Waals surface area contributed by atoms with Crippen LogP contribution in [0.3, 0.4) is 0 Å². The monoisotopic (exact) mass is 1210 g/mol. The smallest absolute Gasteiger partial charge is 0.306 e. The zero-order chi connectivity index (χ0) is 63.3.